The summed E-state index contributed by atoms with van der Waals surface area (Å²) in [7, 11) is -3.75. The van der Waals surface area contributed by atoms with Crippen LogP contribution in [0, 0.1) is 0 Å². The maximum atomic E-state index is 13.5. The Kier molecular flexibility index (Phi) is 9.30. The molecule has 0 spiro atoms. The first kappa shape index (κ1) is 27.9. The van der Waals surface area contributed by atoms with E-state index in [1.807, 2.05) is 36.4 Å². The number of amides is 2. The first-order valence-electron chi connectivity index (χ1n) is 11.1. The highest BCUT2D eigenvalue weighted by Gasteiger charge is 2.30. The fourth-order valence-electron chi connectivity index (χ4n) is 3.48. The Labute approximate surface area is 211 Å². The zero-order valence-electron chi connectivity index (χ0n) is 20.6. The van der Waals surface area contributed by atoms with Crippen LogP contribution in [0.3, 0.4) is 0 Å². The van der Waals surface area contributed by atoms with Crippen LogP contribution in [-0.4, -0.2) is 50.5 Å². The molecule has 1 N–H and O–H groups in total. The summed E-state index contributed by atoms with van der Waals surface area (Å²) in [5.74, 6) is -0.768. The Bertz CT molecular complexity index is 1110. The average Bonchev–Trinajstić information content (AvgIpc) is 2.74. The van der Waals surface area contributed by atoms with Gasteiger partial charge in [-0.3, -0.25) is 13.9 Å². The standard InChI is InChI=1S/C25H34BrN3O4S/c1-7-27-24(31)18(2)28(16-19-9-8-10-21(26)15-19)23(30)17-29(34(6,32)33)22-13-11-20(12-14-22)25(3,4)5/h8-15,18H,7,16-17H2,1-6H3,(H,27,31). The molecular formula is C25H34BrN3O4S. The minimum Gasteiger partial charge on any atom is -0.355 e. The number of carbonyl (C=O) groups excluding carboxylic acids is 2. The quantitative estimate of drug-likeness (QED) is 0.509. The van der Waals surface area contributed by atoms with Crippen LogP contribution in [0.25, 0.3) is 0 Å². The van der Waals surface area contributed by atoms with Gasteiger partial charge in [-0.25, -0.2) is 8.42 Å². The molecule has 1 atom stereocenters. The second kappa shape index (κ2) is 11.4. The van der Waals surface area contributed by atoms with E-state index in [4.69, 9.17) is 0 Å². The van der Waals surface area contributed by atoms with E-state index in [9.17, 15) is 18.0 Å². The summed E-state index contributed by atoms with van der Waals surface area (Å²) in [6.07, 6.45) is 1.07. The summed E-state index contributed by atoms with van der Waals surface area (Å²) in [6, 6.07) is 13.8. The molecule has 7 nitrogen and oxygen atoms in total. The molecule has 0 heterocycles. The molecule has 0 saturated carbocycles. The molecule has 2 aromatic rings. The van der Waals surface area contributed by atoms with E-state index in [1.165, 1.54) is 4.90 Å². The van der Waals surface area contributed by atoms with Crippen LogP contribution in [0.15, 0.2) is 53.0 Å². The summed E-state index contributed by atoms with van der Waals surface area (Å²) in [4.78, 5) is 27.5. The third-order valence-corrected chi connectivity index (χ3v) is 7.09. The molecule has 0 bridgehead atoms. The molecule has 2 aromatic carbocycles. The summed E-state index contributed by atoms with van der Waals surface area (Å²) in [5, 5.41) is 2.74. The molecular weight excluding hydrogens is 518 g/mol. The van der Waals surface area contributed by atoms with Crippen molar-refractivity contribution >= 4 is 43.5 Å². The minimum atomic E-state index is -3.75. The number of likely N-dealkylation sites (N-methyl/N-ethyl adjacent to an activating group) is 1. The van der Waals surface area contributed by atoms with Crippen LogP contribution in [0.2, 0.25) is 0 Å². The Morgan fingerprint density at radius 3 is 2.21 bits per heavy atom. The Balaban J connectivity index is 2.39. The van der Waals surface area contributed by atoms with Crippen molar-refractivity contribution in [1.29, 1.82) is 0 Å². The van der Waals surface area contributed by atoms with Gasteiger partial charge in [-0.2, -0.15) is 0 Å². The number of nitrogens with one attached hydrogen (secondary N) is 1. The highest BCUT2D eigenvalue weighted by atomic mass is 79.9. The van der Waals surface area contributed by atoms with Crippen LogP contribution >= 0.6 is 15.9 Å². The number of benzene rings is 2. The van der Waals surface area contributed by atoms with Gasteiger partial charge in [0, 0.05) is 17.6 Å². The third-order valence-electron chi connectivity index (χ3n) is 5.46. The van der Waals surface area contributed by atoms with E-state index < -0.39 is 28.5 Å². The van der Waals surface area contributed by atoms with Gasteiger partial charge in [0.15, 0.2) is 0 Å². The van der Waals surface area contributed by atoms with Gasteiger partial charge in [-0.1, -0.05) is 61.0 Å². The van der Waals surface area contributed by atoms with Gasteiger partial charge in [0.25, 0.3) is 0 Å². The van der Waals surface area contributed by atoms with Crippen molar-refractivity contribution in [3.05, 3.63) is 64.1 Å². The largest absolute Gasteiger partial charge is 0.355 e. The highest BCUT2D eigenvalue weighted by molar-refractivity contribution is 9.10. The molecule has 0 radical (unpaired) electrons. The van der Waals surface area contributed by atoms with Crippen molar-refractivity contribution in [3.8, 4) is 0 Å². The van der Waals surface area contributed by atoms with Crippen molar-refractivity contribution in [2.45, 2.75) is 52.6 Å². The van der Waals surface area contributed by atoms with E-state index >= 15 is 0 Å². The Morgan fingerprint density at radius 1 is 1.09 bits per heavy atom. The van der Waals surface area contributed by atoms with Gasteiger partial charge in [-0.15, -0.1) is 0 Å². The average molecular weight is 553 g/mol. The fourth-order valence-corrected chi connectivity index (χ4v) is 4.77. The van der Waals surface area contributed by atoms with Gasteiger partial charge in [-0.05, 0) is 54.7 Å². The Morgan fingerprint density at radius 2 is 1.71 bits per heavy atom. The van der Waals surface area contributed by atoms with Gasteiger partial charge in [0.1, 0.15) is 12.6 Å². The fraction of sp³-hybridized carbons (Fsp3) is 0.440. The number of rotatable bonds is 9. The number of carbonyl (C=O) groups is 2. The topological polar surface area (TPSA) is 86.8 Å². The van der Waals surface area contributed by atoms with Crippen LogP contribution in [0.5, 0.6) is 0 Å². The SMILES string of the molecule is CCNC(=O)C(C)N(Cc1cccc(Br)c1)C(=O)CN(c1ccc(C(C)(C)C)cc1)S(C)(=O)=O. The summed E-state index contributed by atoms with van der Waals surface area (Å²) in [5.41, 5.74) is 2.18. The van der Waals surface area contributed by atoms with Gasteiger partial charge in [0.05, 0.1) is 11.9 Å². The number of hydrogen-bond donors (Lipinski definition) is 1. The summed E-state index contributed by atoms with van der Waals surface area (Å²) >= 11 is 3.43. The molecule has 186 valence electrons. The predicted molar refractivity (Wildman–Crippen MR) is 140 cm³/mol. The van der Waals surface area contributed by atoms with E-state index in [1.54, 1.807) is 26.0 Å². The van der Waals surface area contributed by atoms with E-state index in [0.717, 1.165) is 26.2 Å². The molecule has 34 heavy (non-hydrogen) atoms. The highest BCUT2D eigenvalue weighted by Crippen LogP contribution is 2.26. The van der Waals surface area contributed by atoms with Crippen LogP contribution in [-0.2, 0) is 31.6 Å². The second-order valence-corrected chi connectivity index (χ2v) is 12.1. The molecule has 1 unspecified atom stereocenters. The van der Waals surface area contributed by atoms with E-state index in [2.05, 4.69) is 42.0 Å². The molecule has 0 aliphatic rings. The lowest BCUT2D eigenvalue weighted by molar-refractivity contribution is -0.139. The number of halogens is 1. The normalized spacial score (nSPS) is 12.7. The smallest absolute Gasteiger partial charge is 0.244 e. The van der Waals surface area contributed by atoms with Crippen molar-refractivity contribution in [2.75, 3.05) is 23.7 Å². The molecule has 9 heteroatoms. The molecule has 0 aromatic heterocycles. The van der Waals surface area contributed by atoms with Crippen molar-refractivity contribution in [3.63, 3.8) is 0 Å². The van der Waals surface area contributed by atoms with Crippen molar-refractivity contribution in [1.82, 2.24) is 10.2 Å². The predicted octanol–water partition coefficient (Wildman–Crippen LogP) is 4.07. The number of anilines is 1. The molecule has 0 aliphatic heterocycles. The van der Waals surface area contributed by atoms with Gasteiger partial charge < -0.3 is 10.2 Å². The first-order chi connectivity index (χ1) is 15.7. The van der Waals surface area contributed by atoms with Crippen LogP contribution in [0.4, 0.5) is 5.69 Å². The lowest BCUT2D eigenvalue weighted by Crippen LogP contribution is -2.51. The maximum absolute atomic E-state index is 13.5. The molecule has 2 rings (SSSR count). The van der Waals surface area contributed by atoms with Gasteiger partial charge >= 0.3 is 0 Å². The lowest BCUT2D eigenvalue weighted by atomic mass is 9.87. The minimum absolute atomic E-state index is 0.0902. The summed E-state index contributed by atoms with van der Waals surface area (Å²) in [6.45, 7) is 9.84. The molecule has 2 amide bonds. The Hall–Kier alpha value is -2.39. The zero-order chi connectivity index (χ0) is 25.7. The number of sulfonamides is 1. The lowest BCUT2D eigenvalue weighted by Gasteiger charge is -2.31. The molecule has 0 saturated heterocycles. The van der Waals surface area contributed by atoms with Crippen molar-refractivity contribution in [2.24, 2.45) is 0 Å². The van der Waals surface area contributed by atoms with Crippen molar-refractivity contribution < 1.29 is 18.0 Å². The third kappa shape index (κ3) is 7.56. The molecule has 0 fully saturated rings. The van der Waals surface area contributed by atoms with Crippen LogP contribution < -0.4 is 9.62 Å². The van der Waals surface area contributed by atoms with E-state index in [0.29, 0.717) is 12.2 Å². The van der Waals surface area contributed by atoms with Gasteiger partial charge in [0.2, 0.25) is 21.8 Å². The van der Waals surface area contributed by atoms with Crippen LogP contribution in [0.1, 0.15) is 45.7 Å². The molecule has 0 aliphatic carbocycles. The monoisotopic (exact) mass is 551 g/mol. The maximum Gasteiger partial charge on any atom is 0.244 e. The van der Waals surface area contributed by atoms with E-state index in [-0.39, 0.29) is 17.9 Å². The summed E-state index contributed by atoms with van der Waals surface area (Å²) < 4.78 is 27.2. The second-order valence-electron chi connectivity index (χ2n) is 9.29. The first-order valence-corrected chi connectivity index (χ1v) is 13.8. The number of nitrogens with zero attached hydrogens (tertiary/aromatic N) is 2. The zero-order valence-corrected chi connectivity index (χ0v) is 23.0. The number of hydrogen-bond acceptors (Lipinski definition) is 4.